The smallest absolute Gasteiger partial charge is 0.252 e. The second-order valence-electron chi connectivity index (χ2n) is 19.1. The van der Waals surface area contributed by atoms with Crippen LogP contribution in [0.15, 0.2) is 182 Å². The summed E-state index contributed by atoms with van der Waals surface area (Å²) in [7, 11) is 0. The SMILES string of the molecule is O=C1NC[C@H]2O[C@H](C(=O)NC[C@H]3O[C@H](C(=O)NC[C@H]4O[C@H]1[C@@H](OCc1ccccc1)[C@@H]4OCc1ccccc1)[C@@H](OCc1ccccc1)[C@@H]3OCc1ccccc1)[C@@H](OCc1ccccc1)[C@@H]2OCc1ccccc1. The number of carbonyl (C=O) groups excluding carboxylic acids is 3. The van der Waals surface area contributed by atoms with Crippen LogP contribution in [0.3, 0.4) is 0 Å². The number of benzene rings is 6. The molecule has 4 heterocycles. The number of rotatable bonds is 18. The Balaban J connectivity index is 1.01. The van der Waals surface area contributed by atoms with E-state index >= 15 is 0 Å². The lowest BCUT2D eigenvalue weighted by atomic mass is 10.0. The van der Waals surface area contributed by atoms with Crippen molar-refractivity contribution in [2.45, 2.75) is 113 Å². The van der Waals surface area contributed by atoms with E-state index in [-0.39, 0.29) is 59.3 Å². The minimum atomic E-state index is -1.21. The van der Waals surface area contributed by atoms with Crippen LogP contribution in [0.5, 0.6) is 0 Å². The number of nitrogens with one attached hydrogen (secondary N) is 3. The fourth-order valence-electron chi connectivity index (χ4n) is 9.97. The molecule has 3 N–H and O–H groups in total. The summed E-state index contributed by atoms with van der Waals surface area (Å²) in [4.78, 5) is 44.4. The first kappa shape index (κ1) is 51.8. The van der Waals surface area contributed by atoms with Gasteiger partial charge in [0.25, 0.3) is 17.7 Å². The highest BCUT2D eigenvalue weighted by atomic mass is 16.6. The summed E-state index contributed by atoms with van der Waals surface area (Å²) in [5.74, 6) is -1.52. The highest BCUT2D eigenvalue weighted by Gasteiger charge is 2.54. The van der Waals surface area contributed by atoms with Gasteiger partial charge < -0.3 is 58.6 Å². The molecule has 4 fully saturated rings. The standard InChI is InChI=1S/C60H63N3O12/c64-58-55-52(70-37-43-25-13-4-14-26-43)49(67-34-40-19-7-1-8-20-40)46(73-55)31-61-59(65)56-53(71-38-44-27-15-5-16-28-44)51(69-36-42-23-11-3-12-24-42)48(74-56)33-63-60(66)57-54(72-39-45-29-17-6-18-30-45)50(47(75-57)32-62-58)68-35-41-21-9-2-10-22-41/h1-30,46-57H,31-39H2,(H,61,65)(H,62,64)(H,63,66)/t46-,47-,48-,49-,50-,51-,52+,53+,54+,55+,56+,57+/m1/s1. The molecule has 15 heteroatoms. The van der Waals surface area contributed by atoms with Gasteiger partial charge in [-0.2, -0.15) is 0 Å². The Bertz CT molecular complexity index is 2420. The Morgan fingerprint density at radius 3 is 0.680 bits per heavy atom. The summed E-state index contributed by atoms with van der Waals surface area (Å²) in [6, 6.07) is 57.9. The van der Waals surface area contributed by atoms with E-state index in [2.05, 4.69) is 16.0 Å². The van der Waals surface area contributed by atoms with Crippen molar-refractivity contribution in [2.75, 3.05) is 19.6 Å². The molecular weight excluding hydrogens is 955 g/mol. The summed E-state index contributed by atoms with van der Waals surface area (Å²) in [5, 5.41) is 9.21. The van der Waals surface area contributed by atoms with E-state index in [0.29, 0.717) is 0 Å². The van der Waals surface area contributed by atoms with Crippen molar-refractivity contribution in [2.24, 2.45) is 0 Å². The van der Waals surface area contributed by atoms with Gasteiger partial charge in [0.05, 0.1) is 39.6 Å². The average molecular weight is 1020 g/mol. The van der Waals surface area contributed by atoms with Gasteiger partial charge in [0.1, 0.15) is 54.9 Å². The number of hydrogen-bond donors (Lipinski definition) is 3. The molecule has 4 aliphatic rings. The molecule has 6 aromatic rings. The lowest BCUT2D eigenvalue weighted by Crippen LogP contribution is -2.49. The fourth-order valence-corrected chi connectivity index (χ4v) is 9.97. The molecule has 15 nitrogen and oxygen atoms in total. The second-order valence-corrected chi connectivity index (χ2v) is 19.1. The van der Waals surface area contributed by atoms with E-state index in [9.17, 15) is 14.4 Å². The maximum Gasteiger partial charge on any atom is 0.252 e. The predicted molar refractivity (Wildman–Crippen MR) is 275 cm³/mol. The zero-order valence-corrected chi connectivity index (χ0v) is 41.5. The minimum Gasteiger partial charge on any atom is -0.368 e. The van der Waals surface area contributed by atoms with Gasteiger partial charge >= 0.3 is 0 Å². The molecule has 0 radical (unpaired) electrons. The zero-order valence-electron chi connectivity index (χ0n) is 41.5. The van der Waals surface area contributed by atoms with E-state index in [4.69, 9.17) is 42.6 Å². The Hall–Kier alpha value is -6.63. The normalized spacial score (nSPS) is 27.9. The van der Waals surface area contributed by atoms with E-state index in [1.807, 2.05) is 182 Å². The quantitative estimate of drug-likeness (QED) is 0.0898. The summed E-state index contributed by atoms with van der Waals surface area (Å²) in [6.45, 7) is 0.689. The van der Waals surface area contributed by atoms with Crippen molar-refractivity contribution in [3.63, 3.8) is 0 Å². The molecule has 0 aliphatic carbocycles. The first-order valence-electron chi connectivity index (χ1n) is 25.7. The number of carbonyl (C=O) groups is 3. The van der Waals surface area contributed by atoms with Gasteiger partial charge in [-0.15, -0.1) is 0 Å². The Labute approximate surface area is 437 Å². The van der Waals surface area contributed by atoms with Crippen LogP contribution >= 0.6 is 0 Å². The molecule has 6 bridgehead atoms. The predicted octanol–water partition coefficient (Wildman–Crippen LogP) is 6.16. The topological polar surface area (TPSA) is 170 Å². The van der Waals surface area contributed by atoms with Crippen LogP contribution < -0.4 is 16.0 Å². The summed E-state index contributed by atoms with van der Waals surface area (Å²) < 4.78 is 60.1. The maximum atomic E-state index is 14.8. The number of fused-ring (bicyclic) bond motifs is 6. The van der Waals surface area contributed by atoms with Crippen LogP contribution in [-0.4, -0.2) is 111 Å². The second kappa shape index (κ2) is 25.7. The van der Waals surface area contributed by atoms with Gasteiger partial charge in [-0.25, -0.2) is 0 Å². The van der Waals surface area contributed by atoms with E-state index in [1.165, 1.54) is 0 Å². The van der Waals surface area contributed by atoms with Gasteiger partial charge in [0.2, 0.25) is 0 Å². The summed E-state index contributed by atoms with van der Waals surface area (Å²) >= 11 is 0. The van der Waals surface area contributed by atoms with Crippen LogP contribution in [0.1, 0.15) is 33.4 Å². The molecule has 0 spiro atoms. The molecule has 6 aromatic carbocycles. The van der Waals surface area contributed by atoms with E-state index in [0.717, 1.165) is 33.4 Å². The van der Waals surface area contributed by atoms with Crippen molar-refractivity contribution in [1.29, 1.82) is 0 Å². The van der Waals surface area contributed by atoms with Crippen molar-refractivity contribution >= 4 is 17.7 Å². The molecule has 10 rings (SSSR count). The highest BCUT2D eigenvalue weighted by Crippen LogP contribution is 2.34. The lowest BCUT2D eigenvalue weighted by molar-refractivity contribution is -0.142. The van der Waals surface area contributed by atoms with Gasteiger partial charge in [-0.1, -0.05) is 182 Å². The first-order chi connectivity index (χ1) is 36.9. The van der Waals surface area contributed by atoms with Crippen molar-refractivity contribution in [3.05, 3.63) is 215 Å². The molecule has 4 saturated heterocycles. The van der Waals surface area contributed by atoms with Crippen LogP contribution in [0.4, 0.5) is 0 Å². The third-order valence-electron chi connectivity index (χ3n) is 13.8. The van der Waals surface area contributed by atoms with Crippen LogP contribution in [0, 0.1) is 0 Å². The lowest BCUT2D eigenvalue weighted by Gasteiger charge is -2.26. The Morgan fingerprint density at radius 2 is 0.480 bits per heavy atom. The Morgan fingerprint density at radius 1 is 0.293 bits per heavy atom. The van der Waals surface area contributed by atoms with Crippen molar-refractivity contribution < 1.29 is 57.0 Å². The third kappa shape index (κ3) is 13.4. The van der Waals surface area contributed by atoms with Gasteiger partial charge in [-0.3, -0.25) is 14.4 Å². The highest BCUT2D eigenvalue weighted by molar-refractivity contribution is 5.84. The molecule has 390 valence electrons. The molecule has 0 unspecified atom stereocenters. The van der Waals surface area contributed by atoms with Crippen molar-refractivity contribution in [3.8, 4) is 0 Å². The average Bonchev–Trinajstić information content (AvgIpc) is 4.13. The molecule has 12 atom stereocenters. The molecule has 0 aromatic heterocycles. The largest absolute Gasteiger partial charge is 0.368 e. The van der Waals surface area contributed by atoms with Crippen LogP contribution in [0.2, 0.25) is 0 Å². The van der Waals surface area contributed by atoms with Gasteiger partial charge in [-0.05, 0) is 33.4 Å². The van der Waals surface area contributed by atoms with E-state index < -0.39 is 91.0 Å². The Kier molecular flexibility index (Phi) is 17.8. The minimum absolute atomic E-state index is 0.0846. The number of amides is 3. The number of ether oxygens (including phenoxy) is 9. The van der Waals surface area contributed by atoms with Gasteiger partial charge in [0, 0.05) is 19.6 Å². The zero-order chi connectivity index (χ0) is 51.2. The maximum absolute atomic E-state index is 14.8. The van der Waals surface area contributed by atoms with Gasteiger partial charge in [0.15, 0.2) is 18.3 Å². The molecule has 3 amide bonds. The van der Waals surface area contributed by atoms with E-state index in [1.54, 1.807) is 0 Å². The summed E-state index contributed by atoms with van der Waals surface area (Å²) in [5.41, 5.74) is 5.32. The number of hydrogen-bond acceptors (Lipinski definition) is 12. The van der Waals surface area contributed by atoms with Crippen molar-refractivity contribution in [1.82, 2.24) is 16.0 Å². The fraction of sp³-hybridized carbons (Fsp3) is 0.350. The molecule has 75 heavy (non-hydrogen) atoms. The van der Waals surface area contributed by atoms with Crippen LogP contribution in [-0.2, 0) is 96.7 Å². The molecule has 4 aliphatic heterocycles. The summed E-state index contributed by atoms with van der Waals surface area (Å²) in [6.07, 6.45) is -11.6. The molecule has 0 saturated carbocycles. The molecular formula is C60H63N3O12. The monoisotopic (exact) mass is 1020 g/mol. The van der Waals surface area contributed by atoms with Crippen LogP contribution in [0.25, 0.3) is 0 Å². The first-order valence-corrected chi connectivity index (χ1v) is 25.7. The third-order valence-corrected chi connectivity index (χ3v) is 13.8.